The van der Waals surface area contributed by atoms with E-state index in [0.717, 1.165) is 19.4 Å². The van der Waals surface area contributed by atoms with Gasteiger partial charge in [-0.3, -0.25) is 4.79 Å². The normalized spacial score (nSPS) is 28.9. The molecule has 1 aromatic carbocycles. The number of nitrogens with zero attached hydrogens (tertiary/aromatic N) is 2. The van der Waals surface area contributed by atoms with E-state index < -0.39 is 10.0 Å². The molecule has 3 unspecified atom stereocenters. The molecule has 30 heavy (non-hydrogen) atoms. The zero-order chi connectivity index (χ0) is 21.5. The molecule has 3 atom stereocenters. The maximum Gasteiger partial charge on any atom is 0.246 e. The minimum Gasteiger partial charge on any atom is -0.339 e. The largest absolute Gasteiger partial charge is 0.339 e. The molecule has 166 valence electrons. The average Bonchev–Trinajstić information content (AvgIpc) is 2.73. The first kappa shape index (κ1) is 22.4. The SMILES string of the molecule is CC1CCN(C(=O)C2CCN(S(=O)(=O)c3c(Cl)cccc3Cl)CC2)C2CCCCC12. The molecule has 1 aromatic rings. The van der Waals surface area contributed by atoms with E-state index in [1.54, 1.807) is 6.07 Å². The van der Waals surface area contributed by atoms with Gasteiger partial charge in [0.1, 0.15) is 4.90 Å². The van der Waals surface area contributed by atoms with Gasteiger partial charge in [0.05, 0.1) is 10.0 Å². The quantitative estimate of drug-likeness (QED) is 0.633. The van der Waals surface area contributed by atoms with Crippen molar-refractivity contribution in [1.29, 1.82) is 0 Å². The minimum absolute atomic E-state index is 0.0341. The van der Waals surface area contributed by atoms with Crippen molar-refractivity contribution in [3.05, 3.63) is 28.2 Å². The number of hydrogen-bond donors (Lipinski definition) is 0. The van der Waals surface area contributed by atoms with E-state index in [9.17, 15) is 13.2 Å². The number of hydrogen-bond acceptors (Lipinski definition) is 3. The highest BCUT2D eigenvalue weighted by Gasteiger charge is 2.42. The lowest BCUT2D eigenvalue weighted by atomic mass is 9.72. The van der Waals surface area contributed by atoms with Crippen molar-refractivity contribution < 1.29 is 13.2 Å². The molecule has 5 nitrogen and oxygen atoms in total. The third-order valence-corrected chi connectivity index (χ3v) is 10.2. The smallest absolute Gasteiger partial charge is 0.246 e. The molecule has 0 spiro atoms. The molecule has 2 heterocycles. The van der Waals surface area contributed by atoms with E-state index in [-0.39, 0.29) is 26.8 Å². The Morgan fingerprint density at radius 2 is 1.60 bits per heavy atom. The Bertz CT molecular complexity index is 879. The van der Waals surface area contributed by atoms with Crippen LogP contribution in [0.5, 0.6) is 0 Å². The number of benzene rings is 1. The lowest BCUT2D eigenvalue weighted by molar-refractivity contribution is -0.144. The standard InChI is InChI=1S/C22H30Cl2N2O3S/c1-15-9-14-26(20-8-3-2-5-17(15)20)22(27)16-10-12-25(13-11-16)30(28,29)21-18(23)6-4-7-19(21)24/h4,6-7,15-17,20H,2-3,5,8-14H2,1H3. The van der Waals surface area contributed by atoms with E-state index in [4.69, 9.17) is 23.2 Å². The Morgan fingerprint density at radius 1 is 0.967 bits per heavy atom. The van der Waals surface area contributed by atoms with Gasteiger partial charge in [-0.2, -0.15) is 4.31 Å². The molecule has 1 saturated carbocycles. The Morgan fingerprint density at radius 3 is 2.27 bits per heavy atom. The third kappa shape index (κ3) is 4.13. The molecular weight excluding hydrogens is 443 g/mol. The molecule has 1 amide bonds. The van der Waals surface area contributed by atoms with Gasteiger partial charge in [-0.25, -0.2) is 8.42 Å². The van der Waals surface area contributed by atoms with Crippen molar-refractivity contribution in [2.24, 2.45) is 17.8 Å². The average molecular weight is 473 g/mol. The first-order chi connectivity index (χ1) is 14.3. The van der Waals surface area contributed by atoms with Crippen LogP contribution in [-0.2, 0) is 14.8 Å². The second kappa shape index (κ2) is 8.97. The zero-order valence-electron chi connectivity index (χ0n) is 17.4. The van der Waals surface area contributed by atoms with Gasteiger partial charge in [0.2, 0.25) is 15.9 Å². The number of rotatable bonds is 3. The van der Waals surface area contributed by atoms with Gasteiger partial charge < -0.3 is 4.90 Å². The predicted molar refractivity (Wildman–Crippen MR) is 119 cm³/mol. The van der Waals surface area contributed by atoms with Crippen molar-refractivity contribution >= 4 is 39.1 Å². The fourth-order valence-electron chi connectivity index (χ4n) is 5.62. The van der Waals surface area contributed by atoms with Crippen LogP contribution in [0, 0.1) is 17.8 Å². The van der Waals surface area contributed by atoms with E-state index in [1.165, 1.54) is 35.7 Å². The van der Waals surface area contributed by atoms with Crippen molar-refractivity contribution in [2.75, 3.05) is 19.6 Å². The number of sulfonamides is 1. The van der Waals surface area contributed by atoms with Gasteiger partial charge >= 0.3 is 0 Å². The Labute approximate surface area is 189 Å². The van der Waals surface area contributed by atoms with Crippen molar-refractivity contribution in [1.82, 2.24) is 9.21 Å². The molecule has 0 N–H and O–H groups in total. The molecule has 0 aromatic heterocycles. The predicted octanol–water partition coefficient (Wildman–Crippen LogP) is 4.82. The maximum atomic E-state index is 13.4. The molecular formula is C22H30Cl2N2O3S. The number of amides is 1. The van der Waals surface area contributed by atoms with E-state index in [0.29, 0.717) is 43.8 Å². The van der Waals surface area contributed by atoms with Crippen molar-refractivity contribution in [2.45, 2.75) is 62.8 Å². The second-order valence-electron chi connectivity index (χ2n) is 9.04. The molecule has 8 heteroatoms. The van der Waals surface area contributed by atoms with E-state index in [1.807, 2.05) is 0 Å². The first-order valence-corrected chi connectivity index (χ1v) is 13.2. The lowest BCUT2D eigenvalue weighted by Gasteiger charge is -2.48. The summed E-state index contributed by atoms with van der Waals surface area (Å²) in [6, 6.07) is 5.08. The summed E-state index contributed by atoms with van der Waals surface area (Å²) in [6.07, 6.45) is 6.98. The first-order valence-electron chi connectivity index (χ1n) is 11.1. The van der Waals surface area contributed by atoms with Gasteiger partial charge in [-0.05, 0) is 56.1 Å². The molecule has 1 aliphatic carbocycles. The monoisotopic (exact) mass is 472 g/mol. The fraction of sp³-hybridized carbons (Fsp3) is 0.682. The Balaban J connectivity index is 1.44. The molecule has 4 rings (SSSR count). The maximum absolute atomic E-state index is 13.4. The molecule has 3 fully saturated rings. The number of carbonyl (C=O) groups is 1. The highest BCUT2D eigenvalue weighted by atomic mass is 35.5. The minimum atomic E-state index is -3.78. The highest BCUT2D eigenvalue weighted by Crippen LogP contribution is 2.40. The molecule has 0 radical (unpaired) electrons. The summed E-state index contributed by atoms with van der Waals surface area (Å²) in [5.74, 6) is 1.44. The second-order valence-corrected chi connectivity index (χ2v) is 11.7. The summed E-state index contributed by atoms with van der Waals surface area (Å²) in [4.78, 5) is 15.5. The number of piperidine rings is 2. The number of carbonyl (C=O) groups excluding carboxylic acids is 1. The summed E-state index contributed by atoms with van der Waals surface area (Å²) < 4.78 is 27.6. The van der Waals surface area contributed by atoms with E-state index in [2.05, 4.69) is 11.8 Å². The fourth-order valence-corrected chi connectivity index (χ4v) is 8.18. The van der Waals surface area contributed by atoms with Gasteiger partial charge in [0.15, 0.2) is 0 Å². The lowest BCUT2D eigenvalue weighted by Crippen LogP contribution is -2.55. The van der Waals surface area contributed by atoms with Gasteiger partial charge in [0, 0.05) is 31.6 Å². The van der Waals surface area contributed by atoms with Gasteiger partial charge in [-0.15, -0.1) is 0 Å². The van der Waals surface area contributed by atoms with Crippen LogP contribution in [0.15, 0.2) is 23.1 Å². The van der Waals surface area contributed by atoms with Crippen molar-refractivity contribution in [3.63, 3.8) is 0 Å². The highest BCUT2D eigenvalue weighted by molar-refractivity contribution is 7.89. The van der Waals surface area contributed by atoms with Crippen LogP contribution in [-0.4, -0.2) is 49.2 Å². The van der Waals surface area contributed by atoms with Crippen LogP contribution in [0.1, 0.15) is 51.9 Å². The summed E-state index contributed by atoms with van der Waals surface area (Å²) in [7, 11) is -3.78. The third-order valence-electron chi connectivity index (χ3n) is 7.34. The topological polar surface area (TPSA) is 57.7 Å². The van der Waals surface area contributed by atoms with Gasteiger partial charge in [0.25, 0.3) is 0 Å². The van der Waals surface area contributed by atoms with Crippen LogP contribution >= 0.6 is 23.2 Å². The molecule has 2 aliphatic heterocycles. The summed E-state index contributed by atoms with van der Waals surface area (Å²) >= 11 is 12.3. The summed E-state index contributed by atoms with van der Waals surface area (Å²) in [5, 5.41) is 0.262. The summed E-state index contributed by atoms with van der Waals surface area (Å²) in [6.45, 7) is 3.81. The van der Waals surface area contributed by atoms with Gasteiger partial charge in [-0.1, -0.05) is 49.0 Å². The Hall–Kier alpha value is -0.820. The molecule has 2 saturated heterocycles. The number of fused-ring (bicyclic) bond motifs is 1. The summed E-state index contributed by atoms with van der Waals surface area (Å²) in [5.41, 5.74) is 0. The van der Waals surface area contributed by atoms with Crippen molar-refractivity contribution in [3.8, 4) is 0 Å². The van der Waals surface area contributed by atoms with Crippen LogP contribution in [0.4, 0.5) is 0 Å². The van der Waals surface area contributed by atoms with Crippen LogP contribution in [0.3, 0.4) is 0 Å². The van der Waals surface area contributed by atoms with E-state index >= 15 is 0 Å². The zero-order valence-corrected chi connectivity index (χ0v) is 19.7. The number of halogens is 2. The van der Waals surface area contributed by atoms with Crippen LogP contribution in [0.25, 0.3) is 0 Å². The number of likely N-dealkylation sites (tertiary alicyclic amines) is 1. The van der Waals surface area contributed by atoms with Crippen LogP contribution < -0.4 is 0 Å². The molecule has 3 aliphatic rings. The van der Waals surface area contributed by atoms with Crippen LogP contribution in [0.2, 0.25) is 10.0 Å². The Kier molecular flexibility index (Phi) is 6.69. The molecule has 0 bridgehead atoms.